The lowest BCUT2D eigenvalue weighted by atomic mass is 9.82. The van der Waals surface area contributed by atoms with Crippen LogP contribution in [0.2, 0.25) is 0 Å². The molecule has 2 amide bonds. The number of carbonyl (C=O) groups is 2. The van der Waals surface area contributed by atoms with Crippen LogP contribution in [0.5, 0.6) is 0 Å². The molecule has 0 unspecified atom stereocenters. The van der Waals surface area contributed by atoms with Crippen LogP contribution in [-0.2, 0) is 22.4 Å². The van der Waals surface area contributed by atoms with Gasteiger partial charge in [-0.15, -0.1) is 0 Å². The molecule has 0 bridgehead atoms. The van der Waals surface area contributed by atoms with Crippen molar-refractivity contribution in [1.29, 1.82) is 0 Å². The van der Waals surface area contributed by atoms with Crippen LogP contribution in [0, 0.1) is 11.8 Å². The number of aromatic nitrogens is 1. The Hall–Kier alpha value is -3.41. The Balaban J connectivity index is 1.56. The molecule has 0 radical (unpaired) electrons. The van der Waals surface area contributed by atoms with Gasteiger partial charge in [-0.2, -0.15) is 0 Å². The van der Waals surface area contributed by atoms with Crippen molar-refractivity contribution >= 4 is 17.5 Å². The number of nitrogens with zero attached hydrogens (tertiary/aromatic N) is 2. The van der Waals surface area contributed by atoms with Gasteiger partial charge in [0.05, 0.1) is 28.9 Å². The molecule has 1 saturated heterocycles. The molecule has 0 spiro atoms. The Morgan fingerprint density at radius 2 is 1.30 bits per heavy atom. The van der Waals surface area contributed by atoms with Crippen molar-refractivity contribution in [3.63, 3.8) is 0 Å². The Kier molecular flexibility index (Phi) is 3.40. The van der Waals surface area contributed by atoms with Gasteiger partial charge in [0.2, 0.25) is 11.8 Å². The number of benzene rings is 2. The number of hydrogen-bond acceptors (Lipinski definition) is 4. The number of rotatable bonds is 2. The Morgan fingerprint density at radius 1 is 0.741 bits per heavy atom. The highest BCUT2D eigenvalue weighted by molar-refractivity contribution is 6.22. The van der Waals surface area contributed by atoms with Crippen LogP contribution in [0.4, 0.5) is 5.69 Å². The lowest BCUT2D eigenvalue weighted by molar-refractivity contribution is -0.122. The molecular formula is C21H16N2O4. The second-order valence-electron chi connectivity index (χ2n) is 6.88. The van der Waals surface area contributed by atoms with Crippen molar-refractivity contribution < 1.29 is 14.0 Å². The van der Waals surface area contributed by atoms with Crippen molar-refractivity contribution in [2.24, 2.45) is 11.8 Å². The van der Waals surface area contributed by atoms with Gasteiger partial charge in [-0.25, -0.2) is 9.36 Å². The van der Waals surface area contributed by atoms with E-state index in [1.807, 2.05) is 36.4 Å². The average molecular weight is 360 g/mol. The van der Waals surface area contributed by atoms with Gasteiger partial charge in [0.25, 0.3) is 0 Å². The monoisotopic (exact) mass is 360 g/mol. The zero-order valence-corrected chi connectivity index (χ0v) is 14.4. The maximum absolute atomic E-state index is 13.0. The summed E-state index contributed by atoms with van der Waals surface area (Å²) < 4.78 is 6.96. The highest BCUT2D eigenvalue weighted by atomic mass is 16.4. The first-order chi connectivity index (χ1) is 13.1. The number of fused-ring (bicyclic) bond motifs is 2. The molecule has 1 fully saturated rings. The molecule has 1 aliphatic carbocycles. The van der Waals surface area contributed by atoms with Gasteiger partial charge < -0.3 is 4.42 Å². The normalized spacial score (nSPS) is 21.3. The maximum Gasteiger partial charge on any atom is 0.424 e. The van der Waals surface area contributed by atoms with E-state index in [4.69, 9.17) is 4.42 Å². The summed E-state index contributed by atoms with van der Waals surface area (Å²) in [5.41, 5.74) is 1.96. The summed E-state index contributed by atoms with van der Waals surface area (Å²) in [7, 11) is 0. The Morgan fingerprint density at radius 3 is 1.93 bits per heavy atom. The van der Waals surface area contributed by atoms with Crippen molar-refractivity contribution in [3.8, 4) is 5.69 Å². The molecule has 2 atom stereocenters. The maximum atomic E-state index is 13.0. The first-order valence-electron chi connectivity index (χ1n) is 8.87. The van der Waals surface area contributed by atoms with Crippen LogP contribution in [-0.4, -0.2) is 16.4 Å². The minimum absolute atomic E-state index is 0.213. The number of oxazole rings is 1. The van der Waals surface area contributed by atoms with Gasteiger partial charge in [0, 0.05) is 12.8 Å². The van der Waals surface area contributed by atoms with Gasteiger partial charge in [0.1, 0.15) is 5.76 Å². The van der Waals surface area contributed by atoms with E-state index in [0.717, 1.165) is 0 Å². The van der Waals surface area contributed by atoms with E-state index in [1.54, 1.807) is 24.3 Å². The highest BCUT2D eigenvalue weighted by Crippen LogP contribution is 2.39. The first kappa shape index (κ1) is 15.8. The van der Waals surface area contributed by atoms with Crippen LogP contribution < -0.4 is 10.7 Å². The number of carbonyl (C=O) groups excluding carboxylic acids is 2. The first-order valence-corrected chi connectivity index (χ1v) is 8.87. The van der Waals surface area contributed by atoms with Crippen molar-refractivity contribution in [2.45, 2.75) is 12.8 Å². The summed E-state index contributed by atoms with van der Waals surface area (Å²) in [6.45, 7) is 0. The SMILES string of the molecule is O=C1[C@H]2Cc3oc(=O)n(-c4ccccc4)c3C[C@H]2C(=O)N1c1ccccc1. The number of imide groups is 1. The van der Waals surface area contributed by atoms with Crippen molar-refractivity contribution in [2.75, 3.05) is 4.90 Å². The van der Waals surface area contributed by atoms with E-state index in [9.17, 15) is 14.4 Å². The quantitative estimate of drug-likeness (QED) is 0.658. The summed E-state index contributed by atoms with van der Waals surface area (Å²) in [5, 5.41) is 0. The summed E-state index contributed by atoms with van der Waals surface area (Å²) >= 11 is 0. The smallest absolute Gasteiger partial charge is 0.412 e. The molecule has 2 aliphatic rings. The average Bonchev–Trinajstić information content (AvgIpc) is 3.14. The van der Waals surface area contributed by atoms with Crippen LogP contribution >= 0.6 is 0 Å². The molecule has 27 heavy (non-hydrogen) atoms. The largest absolute Gasteiger partial charge is 0.424 e. The van der Waals surface area contributed by atoms with Crippen LogP contribution in [0.1, 0.15) is 11.5 Å². The van der Waals surface area contributed by atoms with E-state index < -0.39 is 17.6 Å². The van der Waals surface area contributed by atoms with Gasteiger partial charge in [0.15, 0.2) is 0 Å². The van der Waals surface area contributed by atoms with Crippen molar-refractivity contribution in [3.05, 3.63) is 82.7 Å². The fourth-order valence-electron chi connectivity index (χ4n) is 4.13. The molecular weight excluding hydrogens is 344 g/mol. The van der Waals surface area contributed by atoms with E-state index in [0.29, 0.717) is 29.2 Å². The van der Waals surface area contributed by atoms with Gasteiger partial charge >= 0.3 is 5.76 Å². The zero-order chi connectivity index (χ0) is 18.5. The molecule has 6 nitrogen and oxygen atoms in total. The predicted molar refractivity (Wildman–Crippen MR) is 97.6 cm³/mol. The van der Waals surface area contributed by atoms with Gasteiger partial charge in [-0.1, -0.05) is 36.4 Å². The Bertz CT molecular complexity index is 1100. The van der Waals surface area contributed by atoms with Crippen LogP contribution in [0.25, 0.3) is 5.69 Å². The second-order valence-corrected chi connectivity index (χ2v) is 6.88. The number of anilines is 1. The zero-order valence-electron chi connectivity index (χ0n) is 14.4. The van der Waals surface area contributed by atoms with Crippen molar-refractivity contribution in [1.82, 2.24) is 4.57 Å². The fraction of sp³-hybridized carbons (Fsp3) is 0.190. The molecule has 3 aromatic rings. The third-order valence-corrected chi connectivity index (χ3v) is 5.39. The Labute approximate surface area is 154 Å². The molecule has 1 aliphatic heterocycles. The highest BCUT2D eigenvalue weighted by Gasteiger charge is 2.51. The lowest BCUT2D eigenvalue weighted by Gasteiger charge is -2.20. The molecule has 1 aromatic heterocycles. The molecule has 2 aromatic carbocycles. The molecule has 2 heterocycles. The minimum atomic E-state index is -0.486. The molecule has 0 N–H and O–H groups in total. The number of hydrogen-bond donors (Lipinski definition) is 0. The third kappa shape index (κ3) is 2.30. The summed E-state index contributed by atoms with van der Waals surface area (Å²) in [4.78, 5) is 39.6. The molecule has 6 heteroatoms. The lowest BCUT2D eigenvalue weighted by Crippen LogP contribution is -2.31. The minimum Gasteiger partial charge on any atom is -0.412 e. The molecule has 5 rings (SSSR count). The number of amides is 2. The van der Waals surface area contributed by atoms with E-state index in [1.165, 1.54) is 9.47 Å². The topological polar surface area (TPSA) is 72.5 Å². The van der Waals surface area contributed by atoms with Crippen LogP contribution in [0.15, 0.2) is 69.9 Å². The third-order valence-electron chi connectivity index (χ3n) is 5.39. The van der Waals surface area contributed by atoms with E-state index >= 15 is 0 Å². The fourth-order valence-corrected chi connectivity index (χ4v) is 4.13. The van der Waals surface area contributed by atoms with E-state index in [-0.39, 0.29) is 18.2 Å². The second kappa shape index (κ2) is 5.81. The summed E-state index contributed by atoms with van der Waals surface area (Å²) in [6.07, 6.45) is 0.581. The molecule has 134 valence electrons. The predicted octanol–water partition coefficient (Wildman–Crippen LogP) is 2.33. The summed E-state index contributed by atoms with van der Waals surface area (Å²) in [6, 6.07) is 18.1. The molecule has 0 saturated carbocycles. The summed E-state index contributed by atoms with van der Waals surface area (Å²) in [5.74, 6) is -1.38. The number of para-hydroxylation sites is 2. The van der Waals surface area contributed by atoms with Gasteiger partial charge in [-0.3, -0.25) is 14.5 Å². The van der Waals surface area contributed by atoms with E-state index in [2.05, 4.69) is 0 Å². The van der Waals surface area contributed by atoms with Gasteiger partial charge in [-0.05, 0) is 24.3 Å². The standard InChI is InChI=1S/C21H16N2O4/c24-19-15-11-17-18(27-21(26)22(17)13-7-3-1-4-8-13)12-16(15)20(25)23(19)14-9-5-2-6-10-14/h1-10,15-16H,11-12H2/t15-,16+/m1/s1. The van der Waals surface area contributed by atoms with Crippen LogP contribution in [0.3, 0.4) is 0 Å².